The lowest BCUT2D eigenvalue weighted by Gasteiger charge is -2.61. The maximum atomic E-state index is 13.5. The van der Waals surface area contributed by atoms with Crippen LogP contribution in [0.1, 0.15) is 68.6 Å². The van der Waals surface area contributed by atoms with Gasteiger partial charge in [0.25, 0.3) is 5.91 Å². The van der Waals surface area contributed by atoms with Crippen LogP contribution in [-0.4, -0.2) is 35.5 Å². The first-order valence-corrected chi connectivity index (χ1v) is 11.0. The normalized spacial score (nSPS) is 37.0. The van der Waals surface area contributed by atoms with Crippen LogP contribution in [0, 0.1) is 17.3 Å². The number of nitrogens with one attached hydrogen (secondary N) is 2. The van der Waals surface area contributed by atoms with Gasteiger partial charge < -0.3 is 15.5 Å². The minimum atomic E-state index is -0.409. The molecule has 1 saturated heterocycles. The number of benzene rings is 1. The Hall–Kier alpha value is -2.04. The van der Waals surface area contributed by atoms with E-state index in [2.05, 4.69) is 22.5 Å². The molecule has 5 aliphatic rings. The Bertz CT molecular complexity index is 801. The summed E-state index contributed by atoms with van der Waals surface area (Å²) in [6, 6.07) is 7.76. The van der Waals surface area contributed by atoms with Gasteiger partial charge in [-0.3, -0.25) is 9.59 Å². The van der Waals surface area contributed by atoms with Crippen LogP contribution < -0.4 is 10.6 Å². The summed E-state index contributed by atoms with van der Waals surface area (Å²) in [5, 5.41) is 7.01. The number of anilines is 1. The lowest BCUT2D eigenvalue weighted by molar-refractivity contribution is -0.150. The number of likely N-dealkylation sites (tertiary alicyclic amines) is 1. The zero-order chi connectivity index (χ0) is 19.4. The zero-order valence-corrected chi connectivity index (χ0v) is 16.8. The van der Waals surface area contributed by atoms with E-state index >= 15 is 0 Å². The molecule has 1 aromatic rings. The highest BCUT2D eigenvalue weighted by molar-refractivity contribution is 6.02. The van der Waals surface area contributed by atoms with E-state index in [0.717, 1.165) is 62.9 Å². The van der Waals surface area contributed by atoms with E-state index in [1.54, 1.807) is 0 Å². The number of nitrogens with zero attached hydrogens (tertiary/aromatic N) is 1. The maximum Gasteiger partial charge on any atom is 0.255 e. The van der Waals surface area contributed by atoms with Crippen LogP contribution in [-0.2, 0) is 4.79 Å². The van der Waals surface area contributed by atoms with Crippen LogP contribution in [0.25, 0.3) is 0 Å². The molecule has 6 rings (SSSR count). The first-order valence-electron chi connectivity index (χ1n) is 11.0. The third kappa shape index (κ3) is 2.73. The number of amides is 2. The summed E-state index contributed by atoms with van der Waals surface area (Å²) >= 11 is 0. The summed E-state index contributed by atoms with van der Waals surface area (Å²) in [6.45, 7) is 4.12. The van der Waals surface area contributed by atoms with E-state index < -0.39 is 5.66 Å². The second kappa shape index (κ2) is 6.50. The zero-order valence-electron chi connectivity index (χ0n) is 16.8. The van der Waals surface area contributed by atoms with Crippen molar-refractivity contribution in [2.75, 3.05) is 18.4 Å². The Morgan fingerprint density at radius 2 is 1.86 bits per heavy atom. The van der Waals surface area contributed by atoms with Crippen LogP contribution in [0.15, 0.2) is 24.3 Å². The molecule has 150 valence electrons. The highest BCUT2D eigenvalue weighted by atomic mass is 16.2. The lowest BCUT2D eigenvalue weighted by Crippen LogP contribution is -2.70. The summed E-state index contributed by atoms with van der Waals surface area (Å²) in [6.07, 6.45) is 8.60. The fourth-order valence-electron chi connectivity index (χ4n) is 6.34. The molecule has 2 N–H and O–H groups in total. The van der Waals surface area contributed by atoms with E-state index in [4.69, 9.17) is 0 Å². The van der Waals surface area contributed by atoms with Gasteiger partial charge in [0, 0.05) is 30.6 Å². The highest BCUT2D eigenvalue weighted by Crippen LogP contribution is 2.58. The van der Waals surface area contributed by atoms with Gasteiger partial charge in [-0.25, -0.2) is 0 Å². The molecule has 1 spiro atoms. The van der Waals surface area contributed by atoms with E-state index in [1.165, 1.54) is 12.8 Å². The molecule has 28 heavy (non-hydrogen) atoms. The first-order chi connectivity index (χ1) is 13.5. The van der Waals surface area contributed by atoms with E-state index in [9.17, 15) is 9.59 Å². The fraction of sp³-hybridized carbons (Fsp3) is 0.652. The third-order valence-electron chi connectivity index (χ3n) is 7.89. The van der Waals surface area contributed by atoms with Gasteiger partial charge in [-0.1, -0.05) is 31.9 Å². The molecule has 2 heterocycles. The number of para-hydroxylation sites is 1. The minimum absolute atomic E-state index is 0.0147. The molecule has 2 aliphatic heterocycles. The van der Waals surface area contributed by atoms with Crippen molar-refractivity contribution in [1.82, 2.24) is 10.2 Å². The first kappa shape index (κ1) is 18.0. The topological polar surface area (TPSA) is 61.4 Å². The van der Waals surface area contributed by atoms with Gasteiger partial charge in [0.1, 0.15) is 5.66 Å². The molecule has 2 bridgehead atoms. The monoisotopic (exact) mass is 381 g/mol. The standard InChI is InChI=1S/C23H31N3O2/c1-22-11-10-16(14-18(22)21(28)26-12-6-2-3-7-13-26)23(15-22)24-19-9-5-4-8-17(19)20(27)25-23/h4-5,8-9,16,18,24H,2-3,6-7,10-15H2,1H3,(H,25,27)/t16-,18-,22-,23-/m0/s1. The predicted molar refractivity (Wildman–Crippen MR) is 109 cm³/mol. The maximum absolute atomic E-state index is 13.5. The van der Waals surface area contributed by atoms with Gasteiger partial charge in [0.05, 0.1) is 5.56 Å². The molecule has 3 aliphatic carbocycles. The summed E-state index contributed by atoms with van der Waals surface area (Å²) in [5.74, 6) is 0.769. The van der Waals surface area contributed by atoms with E-state index in [1.807, 2.05) is 24.3 Å². The van der Waals surface area contributed by atoms with Crippen LogP contribution in [0.2, 0.25) is 0 Å². The Labute approximate surface area is 167 Å². The van der Waals surface area contributed by atoms with E-state index in [-0.39, 0.29) is 17.2 Å². The van der Waals surface area contributed by atoms with Crippen molar-refractivity contribution in [3.8, 4) is 0 Å². The van der Waals surface area contributed by atoms with E-state index in [0.29, 0.717) is 11.8 Å². The van der Waals surface area contributed by atoms with Gasteiger partial charge in [0.15, 0.2) is 0 Å². The van der Waals surface area contributed by atoms with Gasteiger partial charge in [-0.15, -0.1) is 0 Å². The molecule has 3 saturated carbocycles. The largest absolute Gasteiger partial charge is 0.362 e. The Morgan fingerprint density at radius 1 is 1.11 bits per heavy atom. The van der Waals surface area contributed by atoms with Crippen molar-refractivity contribution in [2.24, 2.45) is 17.3 Å². The number of hydrogen-bond acceptors (Lipinski definition) is 3. The van der Waals surface area contributed by atoms with Crippen LogP contribution in [0.3, 0.4) is 0 Å². The third-order valence-corrected chi connectivity index (χ3v) is 7.89. The van der Waals surface area contributed by atoms with Crippen molar-refractivity contribution in [3.63, 3.8) is 0 Å². The quantitative estimate of drug-likeness (QED) is 0.778. The molecule has 4 atom stereocenters. The molecule has 1 aromatic carbocycles. The molecular weight excluding hydrogens is 350 g/mol. The highest BCUT2D eigenvalue weighted by Gasteiger charge is 2.60. The van der Waals surface area contributed by atoms with Crippen LogP contribution >= 0.6 is 0 Å². The number of carbonyl (C=O) groups is 2. The molecular formula is C23H31N3O2. The summed E-state index contributed by atoms with van der Waals surface area (Å²) < 4.78 is 0. The van der Waals surface area contributed by atoms with Crippen molar-refractivity contribution < 1.29 is 9.59 Å². The summed E-state index contributed by atoms with van der Waals surface area (Å²) in [4.78, 5) is 28.4. The number of fused-ring (bicyclic) bond motifs is 3. The van der Waals surface area contributed by atoms with Crippen LogP contribution in [0.4, 0.5) is 5.69 Å². The van der Waals surface area contributed by atoms with Crippen LogP contribution in [0.5, 0.6) is 0 Å². The number of carbonyl (C=O) groups excluding carboxylic acids is 2. The predicted octanol–water partition coefficient (Wildman–Crippen LogP) is 3.77. The SMILES string of the molecule is C[C@@]12CC[C@@H](C[C@H]1C(=O)N1CCCCCC1)[C@]1(C2)NC(=O)c2ccccc2N1. The van der Waals surface area contributed by atoms with Gasteiger partial charge in [-0.2, -0.15) is 0 Å². The van der Waals surface area contributed by atoms with Gasteiger partial charge in [-0.05, 0) is 56.1 Å². The Kier molecular flexibility index (Phi) is 4.18. The van der Waals surface area contributed by atoms with Crippen molar-refractivity contribution in [1.29, 1.82) is 0 Å². The summed E-state index contributed by atoms with van der Waals surface area (Å²) in [5.41, 5.74) is 1.17. The molecule has 4 fully saturated rings. The van der Waals surface area contributed by atoms with Gasteiger partial charge in [0.2, 0.25) is 5.91 Å². The lowest BCUT2D eigenvalue weighted by atomic mass is 9.51. The second-order valence-corrected chi connectivity index (χ2v) is 9.69. The number of hydrogen-bond donors (Lipinski definition) is 2. The molecule has 0 radical (unpaired) electrons. The molecule has 2 amide bonds. The van der Waals surface area contributed by atoms with Gasteiger partial charge >= 0.3 is 0 Å². The fourth-order valence-corrected chi connectivity index (χ4v) is 6.34. The van der Waals surface area contributed by atoms with Crippen molar-refractivity contribution >= 4 is 17.5 Å². The minimum Gasteiger partial charge on any atom is -0.362 e. The molecule has 5 heteroatoms. The smallest absolute Gasteiger partial charge is 0.255 e. The second-order valence-electron chi connectivity index (χ2n) is 9.69. The number of rotatable bonds is 1. The van der Waals surface area contributed by atoms with Crippen molar-refractivity contribution in [3.05, 3.63) is 29.8 Å². The average Bonchev–Trinajstić information content (AvgIpc) is 2.96. The summed E-state index contributed by atoms with van der Waals surface area (Å²) in [7, 11) is 0. The molecule has 0 unspecified atom stereocenters. The molecule has 0 aromatic heterocycles. The van der Waals surface area contributed by atoms with Crippen molar-refractivity contribution in [2.45, 2.75) is 64.0 Å². The average molecular weight is 382 g/mol. The Morgan fingerprint density at radius 3 is 2.61 bits per heavy atom. The molecule has 5 nitrogen and oxygen atoms in total. The Balaban J connectivity index is 1.41.